The zero-order chi connectivity index (χ0) is 10.8. The summed E-state index contributed by atoms with van der Waals surface area (Å²) in [4.78, 5) is 2.45. The summed E-state index contributed by atoms with van der Waals surface area (Å²) >= 11 is 0. The molecule has 0 atom stereocenters. The maximum absolute atomic E-state index is 3.38. The van der Waals surface area contributed by atoms with Crippen molar-refractivity contribution in [1.29, 1.82) is 0 Å². The Morgan fingerprint density at radius 2 is 1.59 bits per heavy atom. The first-order valence-corrected chi connectivity index (χ1v) is 5.88. The van der Waals surface area contributed by atoms with Gasteiger partial charge in [-0.05, 0) is 22.9 Å². The molecular weight excluding hydrogens is 232 g/mol. The van der Waals surface area contributed by atoms with Crippen LogP contribution in [-0.2, 0) is 0 Å². The minimum Gasteiger partial charge on any atom is -0.369 e. The molecule has 0 aromatic heterocycles. The number of nitrogens with one attached hydrogen (secondary N) is 1. The summed E-state index contributed by atoms with van der Waals surface area (Å²) < 4.78 is 0. The van der Waals surface area contributed by atoms with Crippen LogP contribution in [-0.4, -0.2) is 26.2 Å². The molecule has 17 heavy (non-hydrogen) atoms. The number of piperazine rings is 1. The van der Waals surface area contributed by atoms with Crippen LogP contribution in [0.3, 0.4) is 0 Å². The molecule has 1 heterocycles. The first kappa shape index (κ1) is 12.2. The van der Waals surface area contributed by atoms with E-state index in [1.807, 2.05) is 0 Å². The van der Waals surface area contributed by atoms with Gasteiger partial charge in [0.05, 0.1) is 0 Å². The van der Waals surface area contributed by atoms with Gasteiger partial charge in [-0.3, -0.25) is 0 Å². The fraction of sp³-hybridized carbons (Fsp3) is 0.286. The van der Waals surface area contributed by atoms with Crippen LogP contribution < -0.4 is 10.2 Å². The molecule has 0 saturated carbocycles. The lowest BCUT2D eigenvalue weighted by atomic mass is 10.1. The van der Waals surface area contributed by atoms with E-state index in [0.717, 1.165) is 26.2 Å². The largest absolute Gasteiger partial charge is 0.369 e. The first-order chi connectivity index (χ1) is 7.93. The molecule has 2 aromatic carbocycles. The molecule has 1 aliphatic rings. The molecule has 2 nitrogen and oxygen atoms in total. The number of fused-ring (bicyclic) bond motifs is 1. The van der Waals surface area contributed by atoms with Crippen LogP contribution in [0.1, 0.15) is 0 Å². The van der Waals surface area contributed by atoms with Gasteiger partial charge < -0.3 is 10.2 Å². The second-order valence-electron chi connectivity index (χ2n) is 4.27. The van der Waals surface area contributed by atoms with Crippen molar-refractivity contribution in [3.8, 4) is 0 Å². The fourth-order valence-corrected chi connectivity index (χ4v) is 2.30. The van der Waals surface area contributed by atoms with E-state index in [1.54, 1.807) is 0 Å². The van der Waals surface area contributed by atoms with Crippen molar-refractivity contribution < 1.29 is 0 Å². The molecular formula is C14H17ClN2. The molecule has 0 amide bonds. The van der Waals surface area contributed by atoms with Gasteiger partial charge in [0.25, 0.3) is 0 Å². The van der Waals surface area contributed by atoms with Crippen LogP contribution in [0.5, 0.6) is 0 Å². The lowest BCUT2D eigenvalue weighted by Gasteiger charge is -2.29. The van der Waals surface area contributed by atoms with Gasteiger partial charge in [-0.1, -0.05) is 30.3 Å². The summed E-state index contributed by atoms with van der Waals surface area (Å²) in [6.07, 6.45) is 0. The summed E-state index contributed by atoms with van der Waals surface area (Å²) in [7, 11) is 0. The molecule has 1 N–H and O–H groups in total. The Morgan fingerprint density at radius 1 is 0.882 bits per heavy atom. The van der Waals surface area contributed by atoms with Gasteiger partial charge in [0.15, 0.2) is 0 Å². The van der Waals surface area contributed by atoms with Crippen molar-refractivity contribution in [3.63, 3.8) is 0 Å². The van der Waals surface area contributed by atoms with Crippen LogP contribution >= 0.6 is 12.4 Å². The standard InChI is InChI=1S/C14H16N2.ClH/c1-2-4-13-11-14(6-5-12(13)3-1)16-9-7-15-8-10-16;/h1-6,11,15H,7-10H2;1H. The number of benzene rings is 2. The van der Waals surface area contributed by atoms with E-state index in [4.69, 9.17) is 0 Å². The summed E-state index contributed by atoms with van der Waals surface area (Å²) in [5.74, 6) is 0. The average Bonchev–Trinajstić information content (AvgIpc) is 2.39. The van der Waals surface area contributed by atoms with Crippen molar-refractivity contribution in [2.75, 3.05) is 31.1 Å². The van der Waals surface area contributed by atoms with Crippen LogP contribution in [0.15, 0.2) is 42.5 Å². The predicted octanol–water partition coefficient (Wildman–Crippen LogP) is 2.67. The third-order valence-electron chi connectivity index (χ3n) is 3.22. The molecule has 90 valence electrons. The maximum Gasteiger partial charge on any atom is 0.0373 e. The van der Waals surface area contributed by atoms with Gasteiger partial charge in [0.1, 0.15) is 0 Å². The number of halogens is 1. The second kappa shape index (κ2) is 5.39. The highest BCUT2D eigenvalue weighted by Crippen LogP contribution is 2.22. The Hall–Kier alpha value is -1.25. The van der Waals surface area contributed by atoms with Gasteiger partial charge >= 0.3 is 0 Å². The summed E-state index contributed by atoms with van der Waals surface area (Å²) in [5.41, 5.74) is 1.35. The summed E-state index contributed by atoms with van der Waals surface area (Å²) in [5, 5.41) is 6.03. The van der Waals surface area contributed by atoms with Gasteiger partial charge in [-0.25, -0.2) is 0 Å². The van der Waals surface area contributed by atoms with Crippen molar-refractivity contribution in [1.82, 2.24) is 5.32 Å². The van der Waals surface area contributed by atoms with Crippen molar-refractivity contribution in [2.45, 2.75) is 0 Å². The molecule has 0 bridgehead atoms. The van der Waals surface area contributed by atoms with E-state index >= 15 is 0 Å². The number of hydrogen-bond acceptors (Lipinski definition) is 2. The van der Waals surface area contributed by atoms with E-state index in [-0.39, 0.29) is 12.4 Å². The van der Waals surface area contributed by atoms with Gasteiger partial charge in [-0.2, -0.15) is 0 Å². The smallest absolute Gasteiger partial charge is 0.0373 e. The van der Waals surface area contributed by atoms with Crippen molar-refractivity contribution in [3.05, 3.63) is 42.5 Å². The maximum atomic E-state index is 3.38. The lowest BCUT2D eigenvalue weighted by molar-refractivity contribution is 0.589. The fourth-order valence-electron chi connectivity index (χ4n) is 2.30. The average molecular weight is 249 g/mol. The van der Waals surface area contributed by atoms with Gasteiger partial charge in [-0.15, -0.1) is 12.4 Å². The van der Waals surface area contributed by atoms with Crippen LogP contribution in [0.4, 0.5) is 5.69 Å². The first-order valence-electron chi connectivity index (χ1n) is 5.88. The Labute approximate surface area is 108 Å². The summed E-state index contributed by atoms with van der Waals surface area (Å²) in [6, 6.07) is 15.3. The van der Waals surface area contributed by atoms with E-state index in [2.05, 4.69) is 52.7 Å². The van der Waals surface area contributed by atoms with Crippen LogP contribution in [0.25, 0.3) is 10.8 Å². The van der Waals surface area contributed by atoms with Crippen molar-refractivity contribution >= 4 is 28.9 Å². The summed E-state index contributed by atoms with van der Waals surface area (Å²) in [6.45, 7) is 4.40. The Balaban J connectivity index is 0.00000108. The van der Waals surface area contributed by atoms with Gasteiger partial charge in [0, 0.05) is 31.9 Å². The number of rotatable bonds is 1. The highest BCUT2D eigenvalue weighted by Gasteiger charge is 2.10. The minimum absolute atomic E-state index is 0. The van der Waals surface area contributed by atoms with Crippen LogP contribution in [0.2, 0.25) is 0 Å². The number of anilines is 1. The monoisotopic (exact) mass is 248 g/mol. The normalized spacial score (nSPS) is 15.6. The second-order valence-corrected chi connectivity index (χ2v) is 4.27. The lowest BCUT2D eigenvalue weighted by Crippen LogP contribution is -2.43. The molecule has 1 saturated heterocycles. The molecule has 1 aliphatic heterocycles. The van der Waals surface area contributed by atoms with E-state index in [9.17, 15) is 0 Å². The Bertz CT molecular complexity index is 492. The minimum atomic E-state index is 0. The molecule has 3 heteroatoms. The Morgan fingerprint density at radius 3 is 2.35 bits per heavy atom. The predicted molar refractivity (Wildman–Crippen MR) is 76.3 cm³/mol. The molecule has 3 rings (SSSR count). The number of nitrogens with zero attached hydrogens (tertiary/aromatic N) is 1. The molecule has 0 radical (unpaired) electrons. The topological polar surface area (TPSA) is 15.3 Å². The Kier molecular flexibility index (Phi) is 3.87. The molecule has 2 aromatic rings. The van der Waals surface area contributed by atoms with Crippen LogP contribution in [0, 0.1) is 0 Å². The van der Waals surface area contributed by atoms with E-state index < -0.39 is 0 Å². The zero-order valence-electron chi connectivity index (χ0n) is 9.73. The molecule has 0 spiro atoms. The highest BCUT2D eigenvalue weighted by atomic mass is 35.5. The van der Waals surface area contributed by atoms with E-state index in [0.29, 0.717) is 0 Å². The zero-order valence-corrected chi connectivity index (χ0v) is 10.5. The van der Waals surface area contributed by atoms with Gasteiger partial charge in [0.2, 0.25) is 0 Å². The molecule has 0 unspecified atom stereocenters. The van der Waals surface area contributed by atoms with Crippen molar-refractivity contribution in [2.24, 2.45) is 0 Å². The molecule has 0 aliphatic carbocycles. The SMILES string of the molecule is Cl.c1ccc2cc(N3CCNCC3)ccc2c1. The molecule has 1 fully saturated rings. The highest BCUT2D eigenvalue weighted by molar-refractivity contribution is 5.86. The third kappa shape index (κ3) is 2.54. The van der Waals surface area contributed by atoms with E-state index in [1.165, 1.54) is 16.5 Å². The number of hydrogen-bond donors (Lipinski definition) is 1. The quantitative estimate of drug-likeness (QED) is 0.835. The third-order valence-corrected chi connectivity index (χ3v) is 3.22.